The molecule has 1 aromatic heterocycles. The van der Waals surface area contributed by atoms with Crippen LogP contribution in [0.2, 0.25) is 0 Å². The Morgan fingerprint density at radius 3 is 2.87 bits per heavy atom. The van der Waals surface area contributed by atoms with E-state index in [9.17, 15) is 4.79 Å². The van der Waals surface area contributed by atoms with Crippen molar-refractivity contribution in [1.82, 2.24) is 10.3 Å². The largest absolute Gasteiger partial charge is 0.344 e. The number of nitrogens with one attached hydrogen (secondary N) is 1. The average molecular weight is 225 g/mol. The van der Waals surface area contributed by atoms with Crippen molar-refractivity contribution in [2.45, 2.75) is 25.3 Å². The van der Waals surface area contributed by atoms with Crippen LogP contribution >= 0.6 is 11.6 Å². The summed E-state index contributed by atoms with van der Waals surface area (Å²) in [6.07, 6.45) is 1.93. The van der Waals surface area contributed by atoms with Crippen LogP contribution in [0.5, 0.6) is 0 Å². The summed E-state index contributed by atoms with van der Waals surface area (Å²) in [5, 5.41) is 2.93. The third-order valence-corrected chi connectivity index (χ3v) is 3.12. The first kappa shape index (κ1) is 10.4. The number of pyridine rings is 1. The van der Waals surface area contributed by atoms with Gasteiger partial charge in [-0.05, 0) is 31.9 Å². The fraction of sp³-hybridized carbons (Fsp3) is 0.455. The van der Waals surface area contributed by atoms with Crippen molar-refractivity contribution in [1.29, 1.82) is 0 Å². The average Bonchev–Trinajstić information content (AvgIpc) is 2.98. The molecule has 15 heavy (non-hydrogen) atoms. The molecule has 0 atom stereocenters. The van der Waals surface area contributed by atoms with Gasteiger partial charge in [0.15, 0.2) is 0 Å². The van der Waals surface area contributed by atoms with Gasteiger partial charge >= 0.3 is 0 Å². The molecule has 0 aliphatic heterocycles. The van der Waals surface area contributed by atoms with E-state index >= 15 is 0 Å². The van der Waals surface area contributed by atoms with E-state index in [4.69, 9.17) is 11.6 Å². The Morgan fingerprint density at radius 2 is 2.33 bits per heavy atom. The van der Waals surface area contributed by atoms with E-state index in [1.807, 2.05) is 19.1 Å². The van der Waals surface area contributed by atoms with E-state index in [0.717, 1.165) is 18.5 Å². The minimum absolute atomic E-state index is 0.128. The van der Waals surface area contributed by atoms with Crippen molar-refractivity contribution in [3.63, 3.8) is 0 Å². The van der Waals surface area contributed by atoms with Crippen LogP contribution in [0.15, 0.2) is 18.2 Å². The predicted molar refractivity (Wildman–Crippen MR) is 59.1 cm³/mol. The molecule has 80 valence electrons. The van der Waals surface area contributed by atoms with E-state index in [-0.39, 0.29) is 11.4 Å². The van der Waals surface area contributed by atoms with Crippen molar-refractivity contribution in [3.8, 4) is 0 Å². The lowest BCUT2D eigenvalue weighted by Crippen LogP contribution is -2.38. The first-order valence-electron chi connectivity index (χ1n) is 4.97. The number of hydrogen-bond donors (Lipinski definition) is 1. The quantitative estimate of drug-likeness (QED) is 0.797. The molecule has 1 aromatic rings. The summed E-state index contributed by atoms with van der Waals surface area (Å²) in [4.78, 5) is 15.9. The standard InChI is InChI=1S/C11H13ClN2O/c1-8-3-2-4-9(13-8)10(15)14-11(7-12)5-6-11/h2-4H,5-7H2,1H3,(H,14,15). The molecule has 3 nitrogen and oxygen atoms in total. The van der Waals surface area contributed by atoms with E-state index in [1.54, 1.807) is 6.07 Å². The second-order valence-electron chi connectivity index (χ2n) is 4.03. The third kappa shape index (κ3) is 2.29. The van der Waals surface area contributed by atoms with Gasteiger partial charge in [0.25, 0.3) is 5.91 Å². The molecule has 0 spiro atoms. The third-order valence-electron chi connectivity index (χ3n) is 2.61. The van der Waals surface area contributed by atoms with Gasteiger partial charge < -0.3 is 5.32 Å². The summed E-state index contributed by atoms with van der Waals surface area (Å²) in [5.41, 5.74) is 1.15. The number of carbonyl (C=O) groups is 1. The number of rotatable bonds is 3. The zero-order valence-electron chi connectivity index (χ0n) is 8.59. The zero-order chi connectivity index (χ0) is 10.9. The number of alkyl halides is 1. The van der Waals surface area contributed by atoms with Crippen LogP contribution < -0.4 is 5.32 Å². The molecule has 1 heterocycles. The fourth-order valence-electron chi connectivity index (χ4n) is 1.42. The van der Waals surface area contributed by atoms with Gasteiger partial charge in [-0.3, -0.25) is 4.79 Å². The number of aryl methyl sites for hydroxylation is 1. The Kier molecular flexibility index (Phi) is 2.65. The topological polar surface area (TPSA) is 42.0 Å². The summed E-state index contributed by atoms with van der Waals surface area (Å²) < 4.78 is 0. The highest BCUT2D eigenvalue weighted by atomic mass is 35.5. The van der Waals surface area contributed by atoms with E-state index in [2.05, 4.69) is 10.3 Å². The molecule has 0 unspecified atom stereocenters. The lowest BCUT2D eigenvalue weighted by atomic mass is 10.2. The van der Waals surface area contributed by atoms with Gasteiger partial charge in [-0.15, -0.1) is 11.6 Å². The van der Waals surface area contributed by atoms with E-state index < -0.39 is 0 Å². The van der Waals surface area contributed by atoms with Gasteiger partial charge in [0, 0.05) is 11.6 Å². The van der Waals surface area contributed by atoms with Crippen LogP contribution in [-0.2, 0) is 0 Å². The lowest BCUT2D eigenvalue weighted by Gasteiger charge is -2.13. The second kappa shape index (κ2) is 3.81. The van der Waals surface area contributed by atoms with E-state index in [1.165, 1.54) is 0 Å². The monoisotopic (exact) mass is 224 g/mol. The van der Waals surface area contributed by atoms with Gasteiger partial charge in [0.05, 0.1) is 5.54 Å². The smallest absolute Gasteiger partial charge is 0.270 e. The first-order valence-corrected chi connectivity index (χ1v) is 5.51. The SMILES string of the molecule is Cc1cccc(C(=O)NC2(CCl)CC2)n1. The Balaban J connectivity index is 2.08. The molecule has 0 saturated heterocycles. The van der Waals surface area contributed by atoms with Gasteiger partial charge in [-0.1, -0.05) is 6.07 Å². The number of nitrogens with zero attached hydrogens (tertiary/aromatic N) is 1. The maximum Gasteiger partial charge on any atom is 0.270 e. The number of amides is 1. The van der Waals surface area contributed by atoms with Crippen LogP contribution in [0.3, 0.4) is 0 Å². The summed E-state index contributed by atoms with van der Waals surface area (Å²) >= 11 is 5.78. The normalized spacial score (nSPS) is 17.2. The molecule has 1 aliphatic carbocycles. The maximum atomic E-state index is 11.8. The molecule has 1 saturated carbocycles. The highest BCUT2D eigenvalue weighted by molar-refractivity contribution is 6.19. The fourth-order valence-corrected chi connectivity index (χ4v) is 1.75. The van der Waals surface area contributed by atoms with Crippen LogP contribution in [-0.4, -0.2) is 22.3 Å². The minimum atomic E-state index is -0.163. The molecule has 1 aliphatic rings. The highest BCUT2D eigenvalue weighted by Crippen LogP contribution is 2.36. The van der Waals surface area contributed by atoms with Crippen LogP contribution in [0.1, 0.15) is 29.0 Å². The van der Waals surface area contributed by atoms with Crippen molar-refractivity contribution in [2.24, 2.45) is 0 Å². The van der Waals surface area contributed by atoms with Gasteiger partial charge in [-0.2, -0.15) is 0 Å². The van der Waals surface area contributed by atoms with Crippen LogP contribution in [0.4, 0.5) is 0 Å². The summed E-state index contributed by atoms with van der Waals surface area (Å²) in [7, 11) is 0. The number of aromatic nitrogens is 1. The second-order valence-corrected chi connectivity index (χ2v) is 4.30. The van der Waals surface area contributed by atoms with Crippen LogP contribution in [0.25, 0.3) is 0 Å². The molecule has 1 N–H and O–H groups in total. The van der Waals surface area contributed by atoms with Gasteiger partial charge in [-0.25, -0.2) is 4.98 Å². The molecule has 2 rings (SSSR count). The number of hydrogen-bond acceptors (Lipinski definition) is 2. The molecule has 1 fully saturated rings. The molecular formula is C11H13ClN2O. The molecule has 0 aromatic carbocycles. The van der Waals surface area contributed by atoms with Gasteiger partial charge in [0.2, 0.25) is 0 Å². The summed E-state index contributed by atoms with van der Waals surface area (Å²) in [5.74, 6) is 0.349. The molecule has 0 bridgehead atoms. The van der Waals surface area contributed by atoms with E-state index in [0.29, 0.717) is 11.6 Å². The molecule has 4 heteroatoms. The summed E-state index contributed by atoms with van der Waals surface area (Å²) in [6.45, 7) is 1.87. The van der Waals surface area contributed by atoms with Gasteiger partial charge in [0.1, 0.15) is 5.69 Å². The van der Waals surface area contributed by atoms with Crippen molar-refractivity contribution >= 4 is 17.5 Å². The summed E-state index contributed by atoms with van der Waals surface area (Å²) in [6, 6.07) is 5.41. The zero-order valence-corrected chi connectivity index (χ0v) is 9.34. The Hall–Kier alpha value is -1.09. The minimum Gasteiger partial charge on any atom is -0.344 e. The van der Waals surface area contributed by atoms with Crippen LogP contribution in [0, 0.1) is 6.92 Å². The lowest BCUT2D eigenvalue weighted by molar-refractivity contribution is 0.0931. The molecule has 0 radical (unpaired) electrons. The highest BCUT2D eigenvalue weighted by Gasteiger charge is 2.43. The number of halogens is 1. The molecule has 1 amide bonds. The Morgan fingerprint density at radius 1 is 1.60 bits per heavy atom. The van der Waals surface area contributed by atoms with Crippen molar-refractivity contribution < 1.29 is 4.79 Å². The van der Waals surface area contributed by atoms with Crippen molar-refractivity contribution in [2.75, 3.05) is 5.88 Å². The Bertz CT molecular complexity index is 388. The Labute approximate surface area is 93.8 Å². The van der Waals surface area contributed by atoms with Crippen molar-refractivity contribution in [3.05, 3.63) is 29.6 Å². The number of carbonyl (C=O) groups excluding carboxylic acids is 1. The first-order chi connectivity index (χ1) is 7.15. The molecular weight excluding hydrogens is 212 g/mol. The predicted octanol–water partition coefficient (Wildman–Crippen LogP) is 1.89. The maximum absolute atomic E-state index is 11.8.